The van der Waals surface area contributed by atoms with E-state index in [9.17, 15) is 9.90 Å². The van der Waals surface area contributed by atoms with E-state index in [-0.39, 0.29) is 0 Å². The number of H-pyrrole nitrogens is 1. The number of carbonyl (C=O) groups is 1. The maximum Gasteiger partial charge on any atom is 0.108 e. The molecule has 4 nitrogen and oxygen atoms in total. The largest absolute Gasteiger partial charge is 0.550 e. The molecule has 1 aromatic heterocycles. The van der Waals surface area contributed by atoms with Crippen molar-refractivity contribution in [1.29, 1.82) is 0 Å². The number of para-hydroxylation sites is 2. The highest BCUT2D eigenvalue weighted by molar-refractivity contribution is 5.76. The number of carboxylic acids is 1. The summed E-state index contributed by atoms with van der Waals surface area (Å²) in [5.41, 5.74) is 1.13. The number of hydrogen-bond acceptors (Lipinski definition) is 3. The maximum absolute atomic E-state index is 11.4. The lowest BCUT2D eigenvalue weighted by atomic mass is 9.82. The van der Waals surface area contributed by atoms with Crippen LogP contribution in [0.25, 0.3) is 11.0 Å². The number of nitrogens with zero attached hydrogens (tertiary/aromatic N) is 1. The van der Waals surface area contributed by atoms with Crippen molar-refractivity contribution in [1.82, 2.24) is 9.97 Å². The smallest absolute Gasteiger partial charge is 0.108 e. The summed E-state index contributed by atoms with van der Waals surface area (Å²) in [4.78, 5) is 19.0. The zero-order valence-corrected chi connectivity index (χ0v) is 10.1. The molecule has 4 heteroatoms. The zero-order chi connectivity index (χ0) is 12.6. The van der Waals surface area contributed by atoms with Crippen LogP contribution in [0, 0.1) is 5.41 Å². The van der Waals surface area contributed by atoms with E-state index in [1.165, 1.54) is 0 Å². The third-order valence-corrected chi connectivity index (χ3v) is 3.94. The third-order valence-electron chi connectivity index (χ3n) is 3.94. The fraction of sp³-hybridized carbons (Fsp3) is 0.429. The molecule has 1 fully saturated rings. The second kappa shape index (κ2) is 4.12. The molecule has 0 unspecified atom stereocenters. The lowest BCUT2D eigenvalue weighted by Crippen LogP contribution is -2.42. The minimum absolute atomic E-state index is 0.448. The maximum atomic E-state index is 11.4. The summed E-state index contributed by atoms with van der Waals surface area (Å²) in [6.07, 6.45) is 3.78. The normalized spacial score (nSPS) is 18.2. The quantitative estimate of drug-likeness (QED) is 0.886. The number of aromatic nitrogens is 2. The van der Waals surface area contributed by atoms with Gasteiger partial charge in [0.15, 0.2) is 0 Å². The predicted molar refractivity (Wildman–Crippen MR) is 65.7 cm³/mol. The molecular formula is C14H15N2O2-. The average Bonchev–Trinajstić information content (AvgIpc) is 2.95. The standard InChI is InChI=1S/C14H16N2O2/c17-13(18)14(7-3-4-8-14)9-12-15-10-5-1-2-6-11(10)16-12/h1-2,5-6H,3-4,7-9H2,(H,15,16)(H,17,18)/p-1. The summed E-state index contributed by atoms with van der Waals surface area (Å²) in [6, 6.07) is 7.74. The number of aromatic amines is 1. The van der Waals surface area contributed by atoms with Gasteiger partial charge in [0.05, 0.1) is 11.0 Å². The Morgan fingerprint density at radius 1 is 1.33 bits per heavy atom. The van der Waals surface area contributed by atoms with Crippen LogP contribution in [0.2, 0.25) is 0 Å². The number of hydrogen-bond donors (Lipinski definition) is 1. The fourth-order valence-electron chi connectivity index (χ4n) is 2.91. The molecule has 2 aromatic rings. The van der Waals surface area contributed by atoms with Crippen molar-refractivity contribution < 1.29 is 9.90 Å². The molecule has 0 spiro atoms. The zero-order valence-electron chi connectivity index (χ0n) is 10.1. The second-order valence-corrected chi connectivity index (χ2v) is 5.15. The molecular weight excluding hydrogens is 228 g/mol. The van der Waals surface area contributed by atoms with E-state index in [1.54, 1.807) is 0 Å². The summed E-state index contributed by atoms with van der Waals surface area (Å²) >= 11 is 0. The SMILES string of the molecule is O=C([O-])C1(Cc2nc3ccccc3[nH]2)CCCC1. The summed E-state index contributed by atoms with van der Waals surface area (Å²) in [7, 11) is 0. The van der Waals surface area contributed by atoms with Gasteiger partial charge in [0.2, 0.25) is 0 Å². The second-order valence-electron chi connectivity index (χ2n) is 5.15. The number of aliphatic carboxylic acids is 1. The topological polar surface area (TPSA) is 68.8 Å². The highest BCUT2D eigenvalue weighted by Gasteiger charge is 2.36. The summed E-state index contributed by atoms with van der Waals surface area (Å²) in [5, 5.41) is 11.4. The van der Waals surface area contributed by atoms with Crippen LogP contribution in [-0.2, 0) is 11.2 Å². The first-order valence-corrected chi connectivity index (χ1v) is 6.35. The van der Waals surface area contributed by atoms with Crippen molar-refractivity contribution >= 4 is 17.0 Å². The van der Waals surface area contributed by atoms with Crippen LogP contribution in [-0.4, -0.2) is 15.9 Å². The number of nitrogens with one attached hydrogen (secondary N) is 1. The summed E-state index contributed by atoms with van der Waals surface area (Å²) < 4.78 is 0. The first kappa shape index (κ1) is 11.3. The first-order valence-electron chi connectivity index (χ1n) is 6.35. The Balaban J connectivity index is 1.93. The molecule has 3 rings (SSSR count). The van der Waals surface area contributed by atoms with Crippen LogP contribution >= 0.6 is 0 Å². The van der Waals surface area contributed by atoms with Crippen LogP contribution in [0.3, 0.4) is 0 Å². The molecule has 1 aliphatic rings. The van der Waals surface area contributed by atoms with Crippen molar-refractivity contribution in [3.05, 3.63) is 30.1 Å². The Bertz CT molecular complexity index is 549. The summed E-state index contributed by atoms with van der Waals surface area (Å²) in [6.45, 7) is 0. The van der Waals surface area contributed by atoms with Crippen molar-refractivity contribution in [2.75, 3.05) is 0 Å². The van der Waals surface area contributed by atoms with Crippen molar-refractivity contribution in [2.45, 2.75) is 32.1 Å². The molecule has 0 bridgehead atoms. The predicted octanol–water partition coefficient (Wildman–Crippen LogP) is 1.42. The van der Waals surface area contributed by atoms with E-state index in [0.29, 0.717) is 19.3 Å². The van der Waals surface area contributed by atoms with Gasteiger partial charge in [-0.2, -0.15) is 0 Å². The van der Waals surface area contributed by atoms with Crippen LogP contribution < -0.4 is 5.11 Å². The van der Waals surface area contributed by atoms with Gasteiger partial charge < -0.3 is 14.9 Å². The number of carboxylic acid groups (broad SMARTS) is 1. The lowest BCUT2D eigenvalue weighted by Gasteiger charge is -2.29. The highest BCUT2D eigenvalue weighted by Crippen LogP contribution is 2.40. The molecule has 1 saturated carbocycles. The number of imidazole rings is 1. The van der Waals surface area contributed by atoms with Gasteiger partial charge in [-0.25, -0.2) is 4.98 Å². The molecule has 1 aromatic carbocycles. The molecule has 0 atom stereocenters. The van der Waals surface area contributed by atoms with Crippen LogP contribution in [0.4, 0.5) is 0 Å². The van der Waals surface area contributed by atoms with Crippen LogP contribution in [0.15, 0.2) is 24.3 Å². The van der Waals surface area contributed by atoms with Gasteiger partial charge in [-0.3, -0.25) is 0 Å². The molecule has 94 valence electrons. The monoisotopic (exact) mass is 243 g/mol. The Morgan fingerprint density at radius 2 is 2.06 bits per heavy atom. The lowest BCUT2D eigenvalue weighted by molar-refractivity contribution is -0.319. The van der Waals surface area contributed by atoms with Gasteiger partial charge in [0.1, 0.15) is 5.82 Å². The number of carbonyl (C=O) groups excluding carboxylic acids is 1. The molecule has 0 radical (unpaired) electrons. The van der Waals surface area contributed by atoms with Gasteiger partial charge >= 0.3 is 0 Å². The van der Waals surface area contributed by atoms with Crippen molar-refractivity contribution in [2.24, 2.45) is 5.41 Å². The Morgan fingerprint density at radius 3 is 2.72 bits per heavy atom. The number of benzene rings is 1. The van der Waals surface area contributed by atoms with Crippen molar-refractivity contribution in [3.63, 3.8) is 0 Å². The third kappa shape index (κ3) is 1.78. The Labute approximate surface area is 105 Å². The Hall–Kier alpha value is -1.84. The molecule has 0 aliphatic heterocycles. The van der Waals surface area contributed by atoms with E-state index in [1.807, 2.05) is 24.3 Å². The molecule has 1 N–H and O–H groups in total. The molecule has 0 amide bonds. The minimum Gasteiger partial charge on any atom is -0.550 e. The van der Waals surface area contributed by atoms with Crippen LogP contribution in [0.1, 0.15) is 31.5 Å². The number of rotatable bonds is 3. The molecule has 18 heavy (non-hydrogen) atoms. The minimum atomic E-state index is -0.930. The Kier molecular flexibility index (Phi) is 2.58. The molecule has 0 saturated heterocycles. The van der Waals surface area contributed by atoms with Gasteiger partial charge in [0, 0.05) is 17.8 Å². The van der Waals surface area contributed by atoms with E-state index >= 15 is 0 Å². The first-order chi connectivity index (χ1) is 8.70. The number of fused-ring (bicyclic) bond motifs is 1. The van der Waals surface area contributed by atoms with Gasteiger partial charge in [0.25, 0.3) is 0 Å². The van der Waals surface area contributed by atoms with E-state index in [4.69, 9.17) is 0 Å². The van der Waals surface area contributed by atoms with E-state index in [0.717, 1.165) is 29.7 Å². The van der Waals surface area contributed by atoms with Gasteiger partial charge in [-0.05, 0) is 25.0 Å². The van der Waals surface area contributed by atoms with E-state index < -0.39 is 11.4 Å². The van der Waals surface area contributed by atoms with Gasteiger partial charge in [-0.15, -0.1) is 0 Å². The van der Waals surface area contributed by atoms with Gasteiger partial charge in [-0.1, -0.05) is 25.0 Å². The van der Waals surface area contributed by atoms with Crippen molar-refractivity contribution in [3.8, 4) is 0 Å². The highest BCUT2D eigenvalue weighted by atomic mass is 16.4. The summed E-state index contributed by atoms with van der Waals surface area (Å²) in [5.74, 6) is -0.178. The average molecular weight is 243 g/mol. The molecule has 1 heterocycles. The fourth-order valence-corrected chi connectivity index (χ4v) is 2.91. The molecule has 1 aliphatic carbocycles. The van der Waals surface area contributed by atoms with Crippen LogP contribution in [0.5, 0.6) is 0 Å². The van der Waals surface area contributed by atoms with E-state index in [2.05, 4.69) is 9.97 Å².